The molecule has 0 amide bonds. The van der Waals surface area contributed by atoms with E-state index in [1.54, 1.807) is 5.57 Å². The average molecular weight is 335 g/mol. The molecule has 24 heavy (non-hydrogen) atoms. The molecule has 136 valence electrons. The molecule has 0 heterocycles. The number of esters is 1. The summed E-state index contributed by atoms with van der Waals surface area (Å²) in [6.45, 7) is 7.37. The van der Waals surface area contributed by atoms with Gasteiger partial charge in [-0.3, -0.25) is 4.79 Å². The van der Waals surface area contributed by atoms with E-state index in [-0.39, 0.29) is 18.0 Å². The normalized spacial score (nSPS) is 44.5. The first-order valence-electron chi connectivity index (χ1n) is 9.71. The second-order valence-electron chi connectivity index (χ2n) is 8.99. The Labute approximate surface area is 146 Å². The van der Waals surface area contributed by atoms with Crippen molar-refractivity contribution >= 4 is 5.97 Å². The van der Waals surface area contributed by atoms with Gasteiger partial charge in [0, 0.05) is 13.0 Å². The zero-order valence-corrected chi connectivity index (χ0v) is 15.8. The van der Waals surface area contributed by atoms with E-state index in [2.05, 4.69) is 26.8 Å². The molecule has 0 aliphatic heterocycles. The molecule has 0 spiro atoms. The van der Waals surface area contributed by atoms with Crippen LogP contribution < -0.4 is 0 Å². The summed E-state index contributed by atoms with van der Waals surface area (Å²) in [7, 11) is 1.47. The molecule has 6 atom stereocenters. The fourth-order valence-electron chi connectivity index (χ4n) is 6.48. The van der Waals surface area contributed by atoms with E-state index in [9.17, 15) is 9.90 Å². The largest absolute Gasteiger partial charge is 0.469 e. The molecule has 1 N–H and O–H groups in total. The Hall–Kier alpha value is -0.830. The standard InChI is InChI=1S/C21H34O3/c1-14-5-8-17-16-7-6-15(13-22)21(3,12-10-19(23)24-4)18(16)9-11-20(14,17)2/h5,15-18,22H,6-13H2,1-4H3/t15-,16-,17-,18-,20+,21-/m0/s1. The highest BCUT2D eigenvalue weighted by Gasteiger charge is 2.56. The maximum atomic E-state index is 11.7. The Kier molecular flexibility index (Phi) is 4.85. The highest BCUT2D eigenvalue weighted by molar-refractivity contribution is 5.69. The summed E-state index contributed by atoms with van der Waals surface area (Å²) in [5, 5.41) is 9.99. The summed E-state index contributed by atoms with van der Waals surface area (Å²) in [4.78, 5) is 11.7. The molecule has 2 saturated carbocycles. The lowest BCUT2D eigenvalue weighted by molar-refractivity contribution is -0.144. The van der Waals surface area contributed by atoms with Gasteiger partial charge in [0.25, 0.3) is 0 Å². The van der Waals surface area contributed by atoms with Crippen LogP contribution in [0, 0.1) is 34.5 Å². The van der Waals surface area contributed by atoms with Gasteiger partial charge in [-0.1, -0.05) is 25.5 Å². The summed E-state index contributed by atoms with van der Waals surface area (Å²) in [5.41, 5.74) is 2.03. The second kappa shape index (κ2) is 6.48. The molecule has 0 radical (unpaired) electrons. The van der Waals surface area contributed by atoms with Crippen LogP contribution in [-0.2, 0) is 9.53 Å². The fraction of sp³-hybridized carbons (Fsp3) is 0.857. The lowest BCUT2D eigenvalue weighted by atomic mass is 9.46. The van der Waals surface area contributed by atoms with Crippen LogP contribution in [0.2, 0.25) is 0 Å². The number of hydrogen-bond donors (Lipinski definition) is 1. The molecule has 0 saturated heterocycles. The molecule has 3 heteroatoms. The number of ether oxygens (including phenoxy) is 1. The molecular formula is C21H34O3. The Morgan fingerprint density at radius 1 is 1.29 bits per heavy atom. The van der Waals surface area contributed by atoms with Gasteiger partial charge < -0.3 is 9.84 Å². The van der Waals surface area contributed by atoms with Crippen LogP contribution in [0.4, 0.5) is 0 Å². The van der Waals surface area contributed by atoms with Crippen molar-refractivity contribution in [3.63, 3.8) is 0 Å². The minimum atomic E-state index is -0.117. The Balaban J connectivity index is 1.84. The van der Waals surface area contributed by atoms with Gasteiger partial charge in [-0.15, -0.1) is 0 Å². The van der Waals surface area contributed by atoms with Crippen molar-refractivity contribution in [2.75, 3.05) is 13.7 Å². The molecule has 0 bridgehead atoms. The van der Waals surface area contributed by atoms with Crippen molar-refractivity contribution in [2.45, 2.75) is 65.7 Å². The van der Waals surface area contributed by atoms with E-state index in [0.717, 1.165) is 24.7 Å². The summed E-state index contributed by atoms with van der Waals surface area (Å²) in [6, 6.07) is 0. The fourth-order valence-corrected chi connectivity index (χ4v) is 6.48. The van der Waals surface area contributed by atoms with Crippen LogP contribution in [0.25, 0.3) is 0 Å². The molecule has 0 aromatic heterocycles. The first-order valence-corrected chi connectivity index (χ1v) is 9.71. The van der Waals surface area contributed by atoms with Crippen molar-refractivity contribution < 1.29 is 14.6 Å². The van der Waals surface area contributed by atoms with Gasteiger partial charge in [-0.2, -0.15) is 0 Å². The molecule has 3 aliphatic carbocycles. The van der Waals surface area contributed by atoms with Gasteiger partial charge in [0.15, 0.2) is 0 Å². The summed E-state index contributed by atoms with van der Waals surface area (Å²) in [6.07, 6.45) is 9.85. The molecule has 3 aliphatic rings. The van der Waals surface area contributed by atoms with Crippen molar-refractivity contribution in [3.8, 4) is 0 Å². The van der Waals surface area contributed by atoms with Gasteiger partial charge in [0.2, 0.25) is 0 Å². The topological polar surface area (TPSA) is 46.5 Å². The van der Waals surface area contributed by atoms with Crippen molar-refractivity contribution in [1.29, 1.82) is 0 Å². The molecule has 0 aromatic carbocycles. The van der Waals surface area contributed by atoms with E-state index in [1.165, 1.54) is 32.8 Å². The minimum absolute atomic E-state index is 0.0592. The van der Waals surface area contributed by atoms with Crippen LogP contribution in [-0.4, -0.2) is 24.8 Å². The predicted octanol–water partition coefficient (Wildman–Crippen LogP) is 4.35. The monoisotopic (exact) mass is 334 g/mol. The number of rotatable bonds is 4. The smallest absolute Gasteiger partial charge is 0.305 e. The molecule has 0 aromatic rings. The second-order valence-corrected chi connectivity index (χ2v) is 8.99. The predicted molar refractivity (Wildman–Crippen MR) is 95.4 cm³/mol. The molecule has 2 fully saturated rings. The van der Waals surface area contributed by atoms with Crippen LogP contribution in [0.5, 0.6) is 0 Å². The number of carbonyl (C=O) groups is 1. The van der Waals surface area contributed by atoms with E-state index in [0.29, 0.717) is 23.7 Å². The molecule has 0 unspecified atom stereocenters. The van der Waals surface area contributed by atoms with E-state index in [4.69, 9.17) is 4.74 Å². The van der Waals surface area contributed by atoms with Crippen LogP contribution >= 0.6 is 0 Å². The van der Waals surface area contributed by atoms with Crippen LogP contribution in [0.3, 0.4) is 0 Å². The van der Waals surface area contributed by atoms with E-state index < -0.39 is 0 Å². The third-order valence-corrected chi connectivity index (χ3v) is 8.35. The van der Waals surface area contributed by atoms with Crippen LogP contribution in [0.15, 0.2) is 11.6 Å². The Bertz CT molecular complexity index is 525. The number of fused-ring (bicyclic) bond motifs is 3. The zero-order chi connectivity index (χ0) is 17.5. The number of aliphatic hydroxyl groups is 1. The number of aliphatic hydroxyl groups excluding tert-OH is 1. The first kappa shape index (κ1) is 18.0. The average Bonchev–Trinajstić information content (AvgIpc) is 2.88. The van der Waals surface area contributed by atoms with Crippen molar-refractivity contribution in [1.82, 2.24) is 0 Å². The lowest BCUT2D eigenvalue weighted by Crippen LogP contribution is -2.52. The summed E-state index contributed by atoms with van der Waals surface area (Å²) < 4.78 is 4.88. The lowest BCUT2D eigenvalue weighted by Gasteiger charge is -2.58. The number of carbonyl (C=O) groups excluding carboxylic acids is 1. The maximum Gasteiger partial charge on any atom is 0.305 e. The van der Waals surface area contributed by atoms with Crippen molar-refractivity contribution in [2.24, 2.45) is 34.5 Å². The van der Waals surface area contributed by atoms with E-state index >= 15 is 0 Å². The molecular weight excluding hydrogens is 300 g/mol. The van der Waals surface area contributed by atoms with Crippen molar-refractivity contribution in [3.05, 3.63) is 11.6 Å². The molecule has 3 rings (SSSR count). The van der Waals surface area contributed by atoms with Crippen LogP contribution in [0.1, 0.15) is 65.7 Å². The molecule has 3 nitrogen and oxygen atoms in total. The number of hydrogen-bond acceptors (Lipinski definition) is 3. The third-order valence-electron chi connectivity index (χ3n) is 8.35. The van der Waals surface area contributed by atoms with Gasteiger partial charge in [0.1, 0.15) is 0 Å². The Morgan fingerprint density at radius 3 is 2.71 bits per heavy atom. The highest BCUT2D eigenvalue weighted by Crippen LogP contribution is 2.64. The van der Waals surface area contributed by atoms with E-state index in [1.807, 2.05) is 0 Å². The van der Waals surface area contributed by atoms with Gasteiger partial charge in [-0.25, -0.2) is 0 Å². The maximum absolute atomic E-state index is 11.7. The Morgan fingerprint density at radius 2 is 2.04 bits per heavy atom. The number of allylic oxidation sites excluding steroid dienone is 2. The summed E-state index contributed by atoms with van der Waals surface area (Å²) >= 11 is 0. The zero-order valence-electron chi connectivity index (χ0n) is 15.8. The third kappa shape index (κ3) is 2.64. The first-order chi connectivity index (χ1) is 11.4. The van der Waals surface area contributed by atoms with Gasteiger partial charge in [-0.05, 0) is 80.0 Å². The number of methoxy groups -OCH3 is 1. The quantitative estimate of drug-likeness (QED) is 0.614. The van der Waals surface area contributed by atoms with Gasteiger partial charge in [0.05, 0.1) is 7.11 Å². The minimum Gasteiger partial charge on any atom is -0.469 e. The highest BCUT2D eigenvalue weighted by atomic mass is 16.5. The SMILES string of the molecule is COC(=O)CC[C@@]1(C)[C@H](CO)CC[C@@H]2[C@@H]1CC[C@]1(C)C(C)=CC[C@@H]21. The van der Waals surface area contributed by atoms with Gasteiger partial charge >= 0.3 is 5.97 Å². The summed E-state index contributed by atoms with van der Waals surface area (Å²) in [5.74, 6) is 2.33.